The Hall–Kier alpha value is -1.09. The minimum atomic E-state index is -0.729. The van der Waals surface area contributed by atoms with Crippen LogP contribution in [0.4, 0.5) is 5.69 Å². The highest BCUT2D eigenvalue weighted by atomic mass is 79.9. The average Bonchev–Trinajstić information content (AvgIpc) is 2.38. The molecule has 0 atom stereocenters. The fraction of sp³-hybridized carbons (Fsp3) is 0.500. The predicted octanol–water partition coefficient (Wildman–Crippen LogP) is 2.30. The van der Waals surface area contributed by atoms with E-state index in [2.05, 4.69) is 22.0 Å². The number of benzene rings is 1. The third-order valence-corrected chi connectivity index (χ3v) is 3.94. The van der Waals surface area contributed by atoms with Crippen molar-refractivity contribution in [2.75, 3.05) is 31.7 Å². The molecule has 0 bridgehead atoms. The Morgan fingerprint density at radius 1 is 1.47 bits per heavy atom. The molecule has 0 aliphatic carbocycles. The van der Waals surface area contributed by atoms with E-state index in [1.54, 1.807) is 6.07 Å². The zero-order valence-corrected chi connectivity index (χ0v) is 12.5. The monoisotopic (exact) mass is 324 g/mol. The largest absolute Gasteiger partial charge is 0.388 e. The number of anilines is 1. The van der Waals surface area contributed by atoms with Crippen LogP contribution in [0.1, 0.15) is 18.4 Å². The maximum absolute atomic E-state index is 10.5. The van der Waals surface area contributed by atoms with E-state index in [0.717, 1.165) is 10.2 Å². The van der Waals surface area contributed by atoms with E-state index in [4.69, 9.17) is 4.74 Å². The van der Waals surface area contributed by atoms with Gasteiger partial charge in [0.2, 0.25) is 0 Å². The Bertz CT molecular complexity index is 493. The number of hydrogen-bond acceptors (Lipinski definition) is 4. The van der Waals surface area contributed by atoms with Gasteiger partial charge in [-0.2, -0.15) is 5.26 Å². The van der Waals surface area contributed by atoms with Crippen molar-refractivity contribution in [1.29, 1.82) is 5.26 Å². The summed E-state index contributed by atoms with van der Waals surface area (Å²) in [5.74, 6) is 0. The third-order valence-electron chi connectivity index (χ3n) is 3.45. The van der Waals surface area contributed by atoms with Crippen LogP contribution >= 0.6 is 15.9 Å². The van der Waals surface area contributed by atoms with Gasteiger partial charge in [0, 0.05) is 44.1 Å². The molecule has 1 aliphatic heterocycles. The molecule has 19 heavy (non-hydrogen) atoms. The minimum Gasteiger partial charge on any atom is -0.388 e. The second kappa shape index (κ2) is 5.91. The molecule has 4 nitrogen and oxygen atoms in total. The Labute approximate surface area is 121 Å². The van der Waals surface area contributed by atoms with Crippen molar-refractivity contribution in [2.45, 2.75) is 18.4 Å². The molecule has 0 saturated carbocycles. The van der Waals surface area contributed by atoms with Crippen LogP contribution in [0.25, 0.3) is 0 Å². The summed E-state index contributed by atoms with van der Waals surface area (Å²) in [5.41, 5.74) is 0.713. The molecule has 1 aromatic carbocycles. The van der Waals surface area contributed by atoms with Crippen LogP contribution in [-0.4, -0.2) is 37.5 Å². The molecule has 0 unspecified atom stereocenters. The average molecular weight is 325 g/mol. The van der Waals surface area contributed by atoms with Gasteiger partial charge in [-0.25, -0.2) is 0 Å². The van der Waals surface area contributed by atoms with E-state index in [0.29, 0.717) is 38.2 Å². The van der Waals surface area contributed by atoms with Gasteiger partial charge in [-0.05, 0) is 18.2 Å². The van der Waals surface area contributed by atoms with Crippen LogP contribution in [0, 0.1) is 11.3 Å². The molecule has 1 fully saturated rings. The number of halogens is 1. The second-order valence-electron chi connectivity index (χ2n) is 4.97. The van der Waals surface area contributed by atoms with Crippen LogP contribution in [0.15, 0.2) is 22.7 Å². The first-order valence-electron chi connectivity index (χ1n) is 6.25. The molecule has 1 aliphatic rings. The number of hydrogen-bond donors (Lipinski definition) is 1. The van der Waals surface area contributed by atoms with Crippen molar-refractivity contribution in [1.82, 2.24) is 0 Å². The van der Waals surface area contributed by atoms with Gasteiger partial charge in [0.05, 0.1) is 16.9 Å². The number of nitriles is 1. The van der Waals surface area contributed by atoms with Crippen LogP contribution < -0.4 is 4.90 Å². The van der Waals surface area contributed by atoms with E-state index in [1.807, 2.05) is 24.1 Å². The minimum absolute atomic E-state index is 0.507. The summed E-state index contributed by atoms with van der Waals surface area (Å²) in [6.45, 7) is 1.69. The first-order chi connectivity index (χ1) is 9.04. The van der Waals surface area contributed by atoms with E-state index in [-0.39, 0.29) is 0 Å². The summed E-state index contributed by atoms with van der Waals surface area (Å²) >= 11 is 3.36. The SMILES string of the molecule is CN(CC1(O)CCOCC1)c1ccc(Br)cc1C#N. The van der Waals surface area contributed by atoms with Crippen molar-refractivity contribution in [3.63, 3.8) is 0 Å². The van der Waals surface area contributed by atoms with Gasteiger partial charge in [-0.1, -0.05) is 15.9 Å². The smallest absolute Gasteiger partial charge is 0.101 e. The lowest BCUT2D eigenvalue weighted by atomic mass is 9.93. The van der Waals surface area contributed by atoms with Crippen molar-refractivity contribution >= 4 is 21.6 Å². The summed E-state index contributed by atoms with van der Waals surface area (Å²) in [5, 5.41) is 19.7. The summed E-state index contributed by atoms with van der Waals surface area (Å²) in [4.78, 5) is 1.94. The maximum Gasteiger partial charge on any atom is 0.101 e. The van der Waals surface area contributed by atoms with Gasteiger partial charge in [-0.15, -0.1) is 0 Å². The van der Waals surface area contributed by atoms with Gasteiger partial charge in [0.25, 0.3) is 0 Å². The molecule has 0 aromatic heterocycles. The molecule has 1 N–H and O–H groups in total. The first-order valence-corrected chi connectivity index (χ1v) is 7.04. The Kier molecular flexibility index (Phi) is 4.46. The number of aliphatic hydroxyl groups is 1. The predicted molar refractivity (Wildman–Crippen MR) is 77.1 cm³/mol. The fourth-order valence-corrected chi connectivity index (χ4v) is 2.73. The first kappa shape index (κ1) is 14.3. The summed E-state index contributed by atoms with van der Waals surface area (Å²) < 4.78 is 6.16. The van der Waals surface area contributed by atoms with Crippen LogP contribution in [0.3, 0.4) is 0 Å². The lowest BCUT2D eigenvalue weighted by Crippen LogP contribution is -2.45. The Morgan fingerprint density at radius 3 is 2.79 bits per heavy atom. The van der Waals surface area contributed by atoms with E-state index in [1.165, 1.54) is 0 Å². The number of ether oxygens (including phenoxy) is 1. The van der Waals surface area contributed by atoms with Gasteiger partial charge in [0.1, 0.15) is 6.07 Å². The quantitative estimate of drug-likeness (QED) is 0.926. The molecular weight excluding hydrogens is 308 g/mol. The molecule has 2 rings (SSSR count). The third kappa shape index (κ3) is 3.47. The van der Waals surface area contributed by atoms with Crippen molar-refractivity contribution in [3.8, 4) is 6.07 Å². The summed E-state index contributed by atoms with van der Waals surface area (Å²) in [6.07, 6.45) is 1.27. The topological polar surface area (TPSA) is 56.5 Å². The molecule has 1 saturated heterocycles. The summed E-state index contributed by atoms with van der Waals surface area (Å²) in [7, 11) is 1.90. The number of nitrogens with zero attached hydrogens (tertiary/aromatic N) is 2. The van der Waals surface area contributed by atoms with Crippen molar-refractivity contribution in [3.05, 3.63) is 28.2 Å². The lowest BCUT2D eigenvalue weighted by Gasteiger charge is -2.36. The molecule has 5 heteroatoms. The van der Waals surface area contributed by atoms with Gasteiger partial charge >= 0.3 is 0 Å². The Balaban J connectivity index is 2.15. The standard InChI is InChI=1S/C14H17BrN2O2/c1-17(10-14(18)4-6-19-7-5-14)13-3-2-12(15)8-11(13)9-16/h2-3,8,18H,4-7,10H2,1H3. The van der Waals surface area contributed by atoms with E-state index >= 15 is 0 Å². The Morgan fingerprint density at radius 2 is 2.16 bits per heavy atom. The normalized spacial score (nSPS) is 17.8. The fourth-order valence-electron chi connectivity index (χ4n) is 2.37. The highest BCUT2D eigenvalue weighted by molar-refractivity contribution is 9.10. The van der Waals surface area contributed by atoms with E-state index < -0.39 is 5.60 Å². The van der Waals surface area contributed by atoms with Gasteiger partial charge < -0.3 is 14.7 Å². The lowest BCUT2D eigenvalue weighted by molar-refractivity contribution is -0.0572. The molecule has 1 aromatic rings. The van der Waals surface area contributed by atoms with Crippen LogP contribution in [0.5, 0.6) is 0 Å². The highest BCUT2D eigenvalue weighted by Crippen LogP contribution is 2.27. The second-order valence-corrected chi connectivity index (χ2v) is 5.88. The zero-order valence-electron chi connectivity index (χ0n) is 10.9. The van der Waals surface area contributed by atoms with Gasteiger partial charge in [0.15, 0.2) is 0 Å². The molecule has 0 amide bonds. The molecule has 102 valence electrons. The molecule has 0 radical (unpaired) electrons. The zero-order chi connectivity index (χ0) is 13.9. The van der Waals surface area contributed by atoms with Crippen LogP contribution in [0.2, 0.25) is 0 Å². The molecule has 0 spiro atoms. The number of rotatable bonds is 3. The molecule has 1 heterocycles. The van der Waals surface area contributed by atoms with Crippen molar-refractivity contribution < 1.29 is 9.84 Å². The number of likely N-dealkylation sites (N-methyl/N-ethyl adjacent to an activating group) is 1. The van der Waals surface area contributed by atoms with Gasteiger partial charge in [-0.3, -0.25) is 0 Å². The highest BCUT2D eigenvalue weighted by Gasteiger charge is 2.31. The van der Waals surface area contributed by atoms with E-state index in [9.17, 15) is 10.4 Å². The van der Waals surface area contributed by atoms with Crippen LogP contribution in [-0.2, 0) is 4.74 Å². The summed E-state index contributed by atoms with van der Waals surface area (Å²) in [6, 6.07) is 7.78. The van der Waals surface area contributed by atoms with Crippen molar-refractivity contribution in [2.24, 2.45) is 0 Å². The molecular formula is C14H17BrN2O2. The maximum atomic E-state index is 10.5.